The van der Waals surface area contributed by atoms with Gasteiger partial charge in [0, 0.05) is 29.3 Å². The lowest BCUT2D eigenvalue weighted by Gasteiger charge is -2.11. The SMILES string of the molecule is CCC(C)n1ccc(CC(N)c2ncccc2Br)n1. The molecule has 0 aliphatic rings. The van der Waals surface area contributed by atoms with Crippen LogP contribution in [0.1, 0.15) is 43.7 Å². The van der Waals surface area contributed by atoms with Crippen molar-refractivity contribution in [3.8, 4) is 0 Å². The first-order chi connectivity index (χ1) is 9.11. The molecule has 2 aromatic heterocycles. The van der Waals surface area contributed by atoms with Crippen molar-refractivity contribution in [3.63, 3.8) is 0 Å². The van der Waals surface area contributed by atoms with Gasteiger partial charge < -0.3 is 5.73 Å². The van der Waals surface area contributed by atoms with Crippen LogP contribution >= 0.6 is 15.9 Å². The number of aromatic nitrogens is 3. The maximum atomic E-state index is 6.20. The highest BCUT2D eigenvalue weighted by Crippen LogP contribution is 2.22. The maximum absolute atomic E-state index is 6.20. The van der Waals surface area contributed by atoms with Crippen LogP contribution in [0.2, 0.25) is 0 Å². The van der Waals surface area contributed by atoms with Gasteiger partial charge in [-0.25, -0.2) is 0 Å². The third-order valence-electron chi connectivity index (χ3n) is 3.27. The number of nitrogens with zero attached hydrogens (tertiary/aromatic N) is 3. The molecule has 0 bridgehead atoms. The monoisotopic (exact) mass is 322 g/mol. The lowest BCUT2D eigenvalue weighted by molar-refractivity contribution is 0.471. The summed E-state index contributed by atoms with van der Waals surface area (Å²) in [7, 11) is 0. The van der Waals surface area contributed by atoms with E-state index in [9.17, 15) is 0 Å². The Balaban J connectivity index is 2.09. The summed E-state index contributed by atoms with van der Waals surface area (Å²) in [5, 5.41) is 4.57. The summed E-state index contributed by atoms with van der Waals surface area (Å²) in [5.74, 6) is 0. The van der Waals surface area contributed by atoms with E-state index in [4.69, 9.17) is 5.73 Å². The number of hydrogen-bond donors (Lipinski definition) is 1. The Bertz CT molecular complexity index is 538. The molecule has 2 aromatic rings. The normalized spacial score (nSPS) is 14.3. The molecular formula is C14H19BrN4. The molecular weight excluding hydrogens is 304 g/mol. The van der Waals surface area contributed by atoms with Crippen LogP contribution in [0.4, 0.5) is 0 Å². The molecule has 2 N–H and O–H groups in total. The Labute approximate surface area is 122 Å². The Morgan fingerprint density at radius 2 is 2.21 bits per heavy atom. The highest BCUT2D eigenvalue weighted by Gasteiger charge is 2.14. The van der Waals surface area contributed by atoms with Crippen LogP contribution in [0.15, 0.2) is 35.1 Å². The summed E-state index contributed by atoms with van der Waals surface area (Å²) >= 11 is 3.48. The minimum absolute atomic E-state index is 0.143. The van der Waals surface area contributed by atoms with E-state index in [0.29, 0.717) is 12.5 Å². The second-order valence-corrected chi connectivity index (χ2v) is 5.58. The summed E-state index contributed by atoms with van der Waals surface area (Å²) in [5.41, 5.74) is 8.08. The van der Waals surface area contributed by atoms with Crippen molar-refractivity contribution in [1.82, 2.24) is 14.8 Å². The van der Waals surface area contributed by atoms with Crippen LogP contribution in [0.5, 0.6) is 0 Å². The van der Waals surface area contributed by atoms with Crippen molar-refractivity contribution in [2.45, 2.75) is 38.8 Å². The predicted molar refractivity (Wildman–Crippen MR) is 79.8 cm³/mol. The summed E-state index contributed by atoms with van der Waals surface area (Å²) in [6.07, 6.45) is 5.54. The molecule has 2 unspecified atom stereocenters. The van der Waals surface area contributed by atoms with Crippen molar-refractivity contribution >= 4 is 15.9 Å². The highest BCUT2D eigenvalue weighted by molar-refractivity contribution is 9.10. The Kier molecular flexibility index (Phi) is 4.71. The Hall–Kier alpha value is -1.20. The Morgan fingerprint density at radius 1 is 1.42 bits per heavy atom. The fourth-order valence-electron chi connectivity index (χ4n) is 1.91. The molecule has 0 saturated heterocycles. The molecule has 0 aliphatic carbocycles. The lowest BCUT2D eigenvalue weighted by Crippen LogP contribution is -2.16. The van der Waals surface area contributed by atoms with Crippen LogP contribution in [0, 0.1) is 0 Å². The van der Waals surface area contributed by atoms with E-state index in [1.54, 1.807) is 6.20 Å². The molecule has 19 heavy (non-hydrogen) atoms. The standard InChI is InChI=1S/C14H19BrN4/c1-3-10(2)19-8-6-11(18-19)9-13(16)14-12(15)5-4-7-17-14/h4-8,10,13H,3,9,16H2,1-2H3. The van der Waals surface area contributed by atoms with E-state index >= 15 is 0 Å². The van der Waals surface area contributed by atoms with E-state index in [0.717, 1.165) is 22.3 Å². The fourth-order valence-corrected chi connectivity index (χ4v) is 2.46. The van der Waals surface area contributed by atoms with Gasteiger partial charge in [-0.05, 0) is 47.5 Å². The van der Waals surface area contributed by atoms with Crippen LogP contribution in [0.25, 0.3) is 0 Å². The molecule has 2 heterocycles. The molecule has 2 atom stereocenters. The first-order valence-electron chi connectivity index (χ1n) is 6.51. The molecule has 0 aromatic carbocycles. The average molecular weight is 323 g/mol. The van der Waals surface area contributed by atoms with Gasteiger partial charge in [0.1, 0.15) is 0 Å². The number of rotatable bonds is 5. The minimum Gasteiger partial charge on any atom is -0.322 e. The zero-order valence-electron chi connectivity index (χ0n) is 11.3. The van der Waals surface area contributed by atoms with Crippen LogP contribution < -0.4 is 5.73 Å². The van der Waals surface area contributed by atoms with Crippen LogP contribution in [0.3, 0.4) is 0 Å². The van der Waals surface area contributed by atoms with Gasteiger partial charge in [0.25, 0.3) is 0 Å². The molecule has 0 fully saturated rings. The van der Waals surface area contributed by atoms with Crippen LogP contribution in [-0.4, -0.2) is 14.8 Å². The van der Waals surface area contributed by atoms with E-state index in [1.807, 2.05) is 29.1 Å². The van der Waals surface area contributed by atoms with E-state index < -0.39 is 0 Å². The first kappa shape index (κ1) is 14.2. The number of hydrogen-bond acceptors (Lipinski definition) is 3. The van der Waals surface area contributed by atoms with E-state index in [2.05, 4.69) is 39.9 Å². The fraction of sp³-hybridized carbons (Fsp3) is 0.429. The quantitative estimate of drug-likeness (QED) is 0.919. The summed E-state index contributed by atoms with van der Waals surface area (Å²) in [6.45, 7) is 4.31. The van der Waals surface area contributed by atoms with Crippen molar-refractivity contribution < 1.29 is 0 Å². The third kappa shape index (κ3) is 3.42. The largest absolute Gasteiger partial charge is 0.322 e. The summed E-state index contributed by atoms with van der Waals surface area (Å²) in [4.78, 5) is 4.33. The van der Waals surface area contributed by atoms with Crippen molar-refractivity contribution in [2.75, 3.05) is 0 Å². The molecule has 0 spiro atoms. The summed E-state index contributed by atoms with van der Waals surface area (Å²) < 4.78 is 2.94. The first-order valence-corrected chi connectivity index (χ1v) is 7.31. The van der Waals surface area contributed by atoms with Gasteiger partial charge in [-0.3, -0.25) is 9.67 Å². The molecule has 102 valence electrons. The highest BCUT2D eigenvalue weighted by atomic mass is 79.9. The number of nitrogens with two attached hydrogens (primary N) is 1. The zero-order chi connectivity index (χ0) is 13.8. The van der Waals surface area contributed by atoms with Gasteiger partial charge in [-0.2, -0.15) is 5.10 Å². The second kappa shape index (κ2) is 6.30. The smallest absolute Gasteiger partial charge is 0.0716 e. The predicted octanol–water partition coefficient (Wildman–Crippen LogP) is 3.25. The molecule has 0 aliphatic heterocycles. The molecule has 0 saturated carbocycles. The zero-order valence-corrected chi connectivity index (χ0v) is 12.8. The van der Waals surface area contributed by atoms with E-state index in [1.165, 1.54) is 0 Å². The van der Waals surface area contributed by atoms with Gasteiger partial charge in [-0.1, -0.05) is 6.92 Å². The van der Waals surface area contributed by atoms with Crippen LogP contribution in [-0.2, 0) is 6.42 Å². The number of halogens is 1. The minimum atomic E-state index is -0.143. The third-order valence-corrected chi connectivity index (χ3v) is 3.94. The van der Waals surface area contributed by atoms with Crippen molar-refractivity contribution in [2.24, 2.45) is 5.73 Å². The molecule has 2 rings (SSSR count). The summed E-state index contributed by atoms with van der Waals surface area (Å²) in [6, 6.07) is 6.16. The van der Waals surface area contributed by atoms with Gasteiger partial charge in [0.05, 0.1) is 17.4 Å². The van der Waals surface area contributed by atoms with Gasteiger partial charge in [-0.15, -0.1) is 0 Å². The maximum Gasteiger partial charge on any atom is 0.0716 e. The van der Waals surface area contributed by atoms with E-state index in [-0.39, 0.29) is 6.04 Å². The number of pyridine rings is 1. The molecule has 4 nitrogen and oxygen atoms in total. The van der Waals surface area contributed by atoms with Crippen molar-refractivity contribution in [1.29, 1.82) is 0 Å². The van der Waals surface area contributed by atoms with Gasteiger partial charge >= 0.3 is 0 Å². The molecule has 0 radical (unpaired) electrons. The van der Waals surface area contributed by atoms with Gasteiger partial charge in [0.2, 0.25) is 0 Å². The molecule has 5 heteroatoms. The lowest BCUT2D eigenvalue weighted by atomic mass is 10.1. The Morgan fingerprint density at radius 3 is 2.89 bits per heavy atom. The van der Waals surface area contributed by atoms with Crippen molar-refractivity contribution in [3.05, 3.63) is 46.5 Å². The average Bonchev–Trinajstić information content (AvgIpc) is 2.86. The van der Waals surface area contributed by atoms with Gasteiger partial charge in [0.15, 0.2) is 0 Å². The molecule has 0 amide bonds. The topological polar surface area (TPSA) is 56.7 Å². The second-order valence-electron chi connectivity index (χ2n) is 4.73.